The summed E-state index contributed by atoms with van der Waals surface area (Å²) in [6.07, 6.45) is 1.25. The highest BCUT2D eigenvalue weighted by Gasteiger charge is 2.19. The third-order valence-corrected chi connectivity index (χ3v) is 4.94. The fourth-order valence-corrected chi connectivity index (χ4v) is 3.43. The maximum absolute atomic E-state index is 5.82. The lowest BCUT2D eigenvalue weighted by Gasteiger charge is -2.32. The molecule has 1 fully saturated rings. The SMILES string of the molecule is CCc1nn(CC)c(CNCC2CN(CC)CCO2)c1Br. The van der Waals surface area contributed by atoms with E-state index in [1.165, 1.54) is 5.69 Å². The van der Waals surface area contributed by atoms with Crippen LogP contribution in [0, 0.1) is 0 Å². The van der Waals surface area contributed by atoms with Gasteiger partial charge in [0, 0.05) is 32.7 Å². The average molecular weight is 359 g/mol. The first kappa shape index (κ1) is 16.9. The molecule has 0 spiro atoms. The molecule has 0 saturated carbocycles. The van der Waals surface area contributed by atoms with Gasteiger partial charge in [0.05, 0.1) is 28.6 Å². The molecule has 1 atom stereocenters. The Hall–Kier alpha value is -0.430. The number of halogens is 1. The Balaban J connectivity index is 1.87. The van der Waals surface area contributed by atoms with Crippen LogP contribution in [0.3, 0.4) is 0 Å². The van der Waals surface area contributed by atoms with Crippen molar-refractivity contribution >= 4 is 15.9 Å². The van der Waals surface area contributed by atoms with E-state index in [0.29, 0.717) is 6.10 Å². The molecule has 1 saturated heterocycles. The molecule has 1 N–H and O–H groups in total. The molecule has 1 aromatic heterocycles. The van der Waals surface area contributed by atoms with Gasteiger partial charge in [-0.25, -0.2) is 0 Å². The van der Waals surface area contributed by atoms with Crippen LogP contribution in [0.25, 0.3) is 0 Å². The molecule has 120 valence electrons. The molecule has 1 aromatic rings. The lowest BCUT2D eigenvalue weighted by molar-refractivity contribution is -0.0254. The molecule has 1 unspecified atom stereocenters. The summed E-state index contributed by atoms with van der Waals surface area (Å²) in [5.74, 6) is 0. The monoisotopic (exact) mass is 358 g/mol. The molecular weight excluding hydrogens is 332 g/mol. The normalized spacial score (nSPS) is 20.1. The van der Waals surface area contributed by atoms with Gasteiger partial charge < -0.3 is 10.1 Å². The maximum Gasteiger partial charge on any atom is 0.0826 e. The number of hydrogen-bond donors (Lipinski definition) is 1. The van der Waals surface area contributed by atoms with Gasteiger partial charge in [-0.3, -0.25) is 9.58 Å². The van der Waals surface area contributed by atoms with Crippen molar-refractivity contribution in [3.8, 4) is 0 Å². The Labute approximate surface area is 136 Å². The van der Waals surface area contributed by atoms with Crippen LogP contribution in [-0.4, -0.2) is 53.6 Å². The van der Waals surface area contributed by atoms with Crippen LogP contribution in [0.1, 0.15) is 32.2 Å². The smallest absolute Gasteiger partial charge is 0.0826 e. The number of rotatable bonds is 7. The standard InChI is InChI=1S/C15H27BrN4O/c1-4-13-15(16)14(20(6-3)18-13)10-17-9-12-11-19(5-2)7-8-21-12/h12,17H,4-11H2,1-3H3. The number of hydrogen-bond acceptors (Lipinski definition) is 4. The van der Waals surface area contributed by atoms with Gasteiger partial charge in [0.15, 0.2) is 0 Å². The molecule has 0 aliphatic carbocycles. The molecule has 5 nitrogen and oxygen atoms in total. The Morgan fingerprint density at radius 3 is 2.81 bits per heavy atom. The minimum atomic E-state index is 0.293. The number of nitrogens with one attached hydrogen (secondary N) is 1. The second-order valence-electron chi connectivity index (χ2n) is 5.39. The van der Waals surface area contributed by atoms with Crippen LogP contribution in [0.2, 0.25) is 0 Å². The number of aryl methyl sites for hydroxylation is 2. The van der Waals surface area contributed by atoms with Gasteiger partial charge in [-0.15, -0.1) is 0 Å². The first-order valence-corrected chi connectivity index (χ1v) is 8.77. The van der Waals surface area contributed by atoms with E-state index in [1.807, 2.05) is 0 Å². The molecule has 0 amide bonds. The van der Waals surface area contributed by atoms with Gasteiger partial charge in [-0.1, -0.05) is 13.8 Å². The third-order valence-electron chi connectivity index (χ3n) is 4.03. The topological polar surface area (TPSA) is 42.3 Å². The lowest BCUT2D eigenvalue weighted by atomic mass is 10.2. The zero-order valence-electron chi connectivity index (χ0n) is 13.4. The van der Waals surface area contributed by atoms with Crippen molar-refractivity contribution in [1.29, 1.82) is 0 Å². The lowest BCUT2D eigenvalue weighted by Crippen LogP contribution is -2.46. The molecule has 21 heavy (non-hydrogen) atoms. The maximum atomic E-state index is 5.82. The number of morpholine rings is 1. The first-order valence-electron chi connectivity index (χ1n) is 7.98. The summed E-state index contributed by atoms with van der Waals surface area (Å²) in [7, 11) is 0. The van der Waals surface area contributed by atoms with Gasteiger partial charge in [-0.05, 0) is 35.8 Å². The highest BCUT2D eigenvalue weighted by atomic mass is 79.9. The Kier molecular flexibility index (Phi) is 6.67. The summed E-state index contributed by atoms with van der Waals surface area (Å²) in [6.45, 7) is 13.1. The molecule has 1 aliphatic rings. The van der Waals surface area contributed by atoms with E-state index in [-0.39, 0.29) is 0 Å². The number of aromatic nitrogens is 2. The van der Waals surface area contributed by atoms with Gasteiger partial charge in [-0.2, -0.15) is 5.10 Å². The third kappa shape index (κ3) is 4.28. The van der Waals surface area contributed by atoms with E-state index in [2.05, 4.69) is 56.7 Å². The predicted octanol–water partition coefficient (Wildman–Crippen LogP) is 2.04. The number of ether oxygens (including phenoxy) is 1. The summed E-state index contributed by atoms with van der Waals surface area (Å²) in [5.41, 5.74) is 2.37. The molecule has 0 radical (unpaired) electrons. The van der Waals surface area contributed by atoms with E-state index in [9.17, 15) is 0 Å². The molecule has 2 rings (SSSR count). The zero-order chi connectivity index (χ0) is 15.2. The average Bonchev–Trinajstić information content (AvgIpc) is 2.83. The van der Waals surface area contributed by atoms with E-state index in [4.69, 9.17) is 4.74 Å². The Morgan fingerprint density at radius 1 is 1.33 bits per heavy atom. The summed E-state index contributed by atoms with van der Waals surface area (Å²) < 4.78 is 9.05. The molecule has 6 heteroatoms. The van der Waals surface area contributed by atoms with Crippen LogP contribution in [-0.2, 0) is 24.2 Å². The molecule has 2 heterocycles. The van der Waals surface area contributed by atoms with Crippen LogP contribution >= 0.6 is 15.9 Å². The van der Waals surface area contributed by atoms with Crippen molar-refractivity contribution in [3.05, 3.63) is 15.9 Å². The minimum absolute atomic E-state index is 0.293. The summed E-state index contributed by atoms with van der Waals surface area (Å²) in [4.78, 5) is 2.44. The van der Waals surface area contributed by atoms with Crippen molar-refractivity contribution in [2.75, 3.05) is 32.8 Å². The quantitative estimate of drug-likeness (QED) is 0.809. The van der Waals surface area contributed by atoms with Gasteiger partial charge in [0.2, 0.25) is 0 Å². The molecular formula is C15H27BrN4O. The van der Waals surface area contributed by atoms with Crippen molar-refractivity contribution < 1.29 is 4.74 Å². The van der Waals surface area contributed by atoms with E-state index >= 15 is 0 Å². The fourth-order valence-electron chi connectivity index (χ4n) is 2.73. The largest absolute Gasteiger partial charge is 0.374 e. The van der Waals surface area contributed by atoms with Crippen molar-refractivity contribution in [2.45, 2.75) is 46.4 Å². The fraction of sp³-hybridized carbons (Fsp3) is 0.800. The Morgan fingerprint density at radius 2 is 2.14 bits per heavy atom. The van der Waals surface area contributed by atoms with Gasteiger partial charge in [0.1, 0.15) is 0 Å². The summed E-state index contributed by atoms with van der Waals surface area (Å²) >= 11 is 3.69. The van der Waals surface area contributed by atoms with Crippen LogP contribution in [0.4, 0.5) is 0 Å². The predicted molar refractivity (Wildman–Crippen MR) is 88.5 cm³/mol. The van der Waals surface area contributed by atoms with Crippen molar-refractivity contribution in [1.82, 2.24) is 20.0 Å². The van der Waals surface area contributed by atoms with Crippen LogP contribution in [0.15, 0.2) is 4.47 Å². The highest BCUT2D eigenvalue weighted by Crippen LogP contribution is 2.22. The second kappa shape index (κ2) is 8.27. The van der Waals surface area contributed by atoms with Crippen LogP contribution < -0.4 is 5.32 Å². The van der Waals surface area contributed by atoms with Gasteiger partial charge >= 0.3 is 0 Å². The highest BCUT2D eigenvalue weighted by molar-refractivity contribution is 9.10. The Bertz CT molecular complexity index is 449. The van der Waals surface area contributed by atoms with Gasteiger partial charge in [0.25, 0.3) is 0 Å². The van der Waals surface area contributed by atoms with E-state index in [0.717, 1.165) is 62.5 Å². The molecule has 0 bridgehead atoms. The van der Waals surface area contributed by atoms with Crippen molar-refractivity contribution in [2.24, 2.45) is 0 Å². The molecule has 0 aromatic carbocycles. The van der Waals surface area contributed by atoms with E-state index in [1.54, 1.807) is 0 Å². The van der Waals surface area contributed by atoms with Crippen LogP contribution in [0.5, 0.6) is 0 Å². The second-order valence-corrected chi connectivity index (χ2v) is 6.19. The summed E-state index contributed by atoms with van der Waals surface area (Å²) in [6, 6.07) is 0. The summed E-state index contributed by atoms with van der Waals surface area (Å²) in [5, 5.41) is 8.15. The molecule has 1 aliphatic heterocycles. The number of likely N-dealkylation sites (N-methyl/N-ethyl adjacent to an activating group) is 1. The minimum Gasteiger partial charge on any atom is -0.374 e. The first-order chi connectivity index (χ1) is 10.2. The zero-order valence-corrected chi connectivity index (χ0v) is 14.9. The van der Waals surface area contributed by atoms with E-state index < -0.39 is 0 Å². The number of nitrogens with zero attached hydrogens (tertiary/aromatic N) is 3. The van der Waals surface area contributed by atoms with Crippen molar-refractivity contribution in [3.63, 3.8) is 0 Å².